The van der Waals surface area contributed by atoms with Crippen molar-refractivity contribution in [3.8, 4) is 17.2 Å². The highest BCUT2D eigenvalue weighted by Crippen LogP contribution is 2.37. The van der Waals surface area contributed by atoms with Crippen LogP contribution in [0.2, 0.25) is 5.02 Å². The Morgan fingerprint density at radius 3 is 2.26 bits per heavy atom. The number of methoxy groups -OCH3 is 3. The summed E-state index contributed by atoms with van der Waals surface area (Å²) in [4.78, 5) is 29.2. The summed E-state index contributed by atoms with van der Waals surface area (Å²) in [7, 11) is -0.197. The largest absolute Gasteiger partial charge is 0.495 e. The summed E-state index contributed by atoms with van der Waals surface area (Å²) in [6.07, 6.45) is 4.95. The summed E-state index contributed by atoms with van der Waals surface area (Å²) in [5, 5.41) is 3.34. The Labute approximate surface area is 284 Å². The van der Waals surface area contributed by atoms with Crippen LogP contribution < -0.4 is 23.8 Å². The van der Waals surface area contributed by atoms with Crippen molar-refractivity contribution in [2.75, 3.05) is 32.2 Å². The van der Waals surface area contributed by atoms with Crippen molar-refractivity contribution >= 4 is 55.1 Å². The molecule has 46 heavy (non-hydrogen) atoms. The molecule has 1 fully saturated rings. The van der Waals surface area contributed by atoms with Crippen LogP contribution in [-0.4, -0.2) is 65.1 Å². The lowest BCUT2D eigenvalue weighted by Gasteiger charge is -2.33. The number of halogens is 2. The second kappa shape index (κ2) is 15.9. The molecule has 1 N–H and O–H groups in total. The van der Waals surface area contributed by atoms with E-state index in [-0.39, 0.29) is 45.6 Å². The Hall–Kier alpha value is -3.48. The quantitative estimate of drug-likeness (QED) is 0.223. The minimum absolute atomic E-state index is 0.0316. The van der Waals surface area contributed by atoms with Gasteiger partial charge in [0.2, 0.25) is 11.8 Å². The number of rotatable bonds is 13. The fourth-order valence-electron chi connectivity index (χ4n) is 5.46. The molecule has 0 saturated heterocycles. The van der Waals surface area contributed by atoms with Gasteiger partial charge >= 0.3 is 0 Å². The van der Waals surface area contributed by atoms with Crippen LogP contribution >= 0.6 is 27.5 Å². The molecule has 1 aliphatic rings. The third-order valence-electron chi connectivity index (χ3n) is 7.99. The molecule has 0 bridgehead atoms. The van der Waals surface area contributed by atoms with Crippen LogP contribution in [0.5, 0.6) is 17.2 Å². The molecule has 4 rings (SSSR count). The Kier molecular flexibility index (Phi) is 12.2. The number of anilines is 1. The number of nitrogens with one attached hydrogen (secondary N) is 1. The molecule has 1 aliphatic carbocycles. The molecule has 0 aromatic heterocycles. The Balaban J connectivity index is 1.77. The van der Waals surface area contributed by atoms with Crippen LogP contribution in [0.4, 0.5) is 5.69 Å². The number of carbonyl (C=O) groups is 2. The van der Waals surface area contributed by atoms with Crippen LogP contribution in [0.1, 0.15) is 44.6 Å². The van der Waals surface area contributed by atoms with Gasteiger partial charge in [0.05, 0.1) is 31.9 Å². The van der Waals surface area contributed by atoms with Crippen molar-refractivity contribution in [2.24, 2.45) is 0 Å². The molecule has 10 nitrogen and oxygen atoms in total. The van der Waals surface area contributed by atoms with Crippen LogP contribution in [0.3, 0.4) is 0 Å². The van der Waals surface area contributed by atoms with Gasteiger partial charge in [-0.15, -0.1) is 0 Å². The molecule has 1 unspecified atom stereocenters. The fourth-order valence-corrected chi connectivity index (χ4v) is 7.50. The van der Waals surface area contributed by atoms with Crippen molar-refractivity contribution in [1.29, 1.82) is 0 Å². The first-order valence-electron chi connectivity index (χ1n) is 14.9. The summed E-state index contributed by atoms with van der Waals surface area (Å²) < 4.78 is 46.7. The number of amides is 2. The Bertz CT molecular complexity index is 1650. The van der Waals surface area contributed by atoms with Gasteiger partial charge in [-0.3, -0.25) is 13.9 Å². The van der Waals surface area contributed by atoms with Gasteiger partial charge in [-0.25, -0.2) is 8.42 Å². The maximum Gasteiger partial charge on any atom is 0.265 e. The molecule has 1 atom stereocenters. The second-order valence-corrected chi connectivity index (χ2v) is 14.2. The van der Waals surface area contributed by atoms with E-state index in [0.717, 1.165) is 46.4 Å². The highest BCUT2D eigenvalue weighted by Gasteiger charge is 2.35. The van der Waals surface area contributed by atoms with E-state index in [1.165, 1.54) is 56.6 Å². The predicted molar refractivity (Wildman–Crippen MR) is 181 cm³/mol. The molecule has 3 aromatic rings. The van der Waals surface area contributed by atoms with E-state index in [0.29, 0.717) is 5.75 Å². The Morgan fingerprint density at radius 2 is 1.61 bits per heavy atom. The summed E-state index contributed by atoms with van der Waals surface area (Å²) >= 11 is 9.81. The minimum Gasteiger partial charge on any atom is -0.495 e. The molecular formula is C33H39BrClN3O7S. The van der Waals surface area contributed by atoms with Gasteiger partial charge in [0.1, 0.15) is 18.3 Å². The van der Waals surface area contributed by atoms with Crippen LogP contribution in [0.25, 0.3) is 0 Å². The SMILES string of the molecule is COc1ccc(S(=O)(=O)N(CC(=O)N(Cc2cccc(Br)c2)C(C)C(=O)NC2CCCCC2)c2cc(Cl)ccc2OC)cc1OC. The lowest BCUT2D eigenvalue weighted by Crippen LogP contribution is -2.53. The molecule has 13 heteroatoms. The molecule has 0 aliphatic heterocycles. The lowest BCUT2D eigenvalue weighted by atomic mass is 9.95. The van der Waals surface area contributed by atoms with Gasteiger partial charge in [-0.1, -0.05) is 58.9 Å². The summed E-state index contributed by atoms with van der Waals surface area (Å²) in [5.74, 6) is -0.190. The molecule has 0 radical (unpaired) electrons. The first-order chi connectivity index (χ1) is 22.0. The van der Waals surface area contributed by atoms with E-state index < -0.39 is 28.5 Å². The van der Waals surface area contributed by atoms with E-state index >= 15 is 0 Å². The first-order valence-corrected chi connectivity index (χ1v) is 17.5. The number of hydrogen-bond donors (Lipinski definition) is 1. The molecule has 2 amide bonds. The molecule has 1 saturated carbocycles. The van der Waals surface area contributed by atoms with E-state index in [1.807, 2.05) is 24.3 Å². The summed E-state index contributed by atoms with van der Waals surface area (Å²) in [6.45, 7) is 1.07. The van der Waals surface area contributed by atoms with E-state index in [2.05, 4.69) is 21.2 Å². The van der Waals surface area contributed by atoms with Gasteiger partial charge in [0, 0.05) is 28.1 Å². The second-order valence-electron chi connectivity index (χ2n) is 11.0. The predicted octanol–water partition coefficient (Wildman–Crippen LogP) is 6.19. The topological polar surface area (TPSA) is 114 Å². The maximum absolute atomic E-state index is 14.4. The standard InChI is InChI=1S/C33H39BrClN3O7S/c1-22(33(40)36-26-11-6-5-7-12-26)37(20-23-9-8-10-24(34)17-23)32(39)21-38(28-18-25(35)13-15-29(28)43-2)46(41,42)27-14-16-30(44-3)31(19-27)45-4/h8-10,13-19,22,26H,5-7,11-12,20-21H2,1-4H3,(H,36,40). The van der Waals surface area contributed by atoms with E-state index in [9.17, 15) is 18.0 Å². The zero-order chi connectivity index (χ0) is 33.4. The minimum atomic E-state index is -4.43. The van der Waals surface area contributed by atoms with Crippen molar-refractivity contribution in [3.05, 3.63) is 75.7 Å². The van der Waals surface area contributed by atoms with Gasteiger partial charge in [-0.05, 0) is 67.8 Å². The molecular weight excluding hydrogens is 698 g/mol. The third-order valence-corrected chi connectivity index (χ3v) is 10.5. The van der Waals surface area contributed by atoms with Gasteiger partial charge in [-0.2, -0.15) is 0 Å². The number of benzene rings is 3. The molecule has 3 aromatic carbocycles. The van der Waals surface area contributed by atoms with E-state index in [4.69, 9.17) is 25.8 Å². The van der Waals surface area contributed by atoms with Crippen molar-refractivity contribution in [3.63, 3.8) is 0 Å². The van der Waals surface area contributed by atoms with Gasteiger partial charge < -0.3 is 24.4 Å². The Morgan fingerprint density at radius 1 is 0.935 bits per heavy atom. The average Bonchev–Trinajstić information content (AvgIpc) is 3.05. The number of sulfonamides is 1. The molecule has 0 spiro atoms. The fraction of sp³-hybridized carbons (Fsp3) is 0.394. The van der Waals surface area contributed by atoms with Crippen LogP contribution in [-0.2, 0) is 26.2 Å². The average molecular weight is 737 g/mol. The first kappa shape index (κ1) is 35.4. The number of hydrogen-bond acceptors (Lipinski definition) is 7. The number of carbonyl (C=O) groups excluding carboxylic acids is 2. The zero-order valence-electron chi connectivity index (χ0n) is 26.3. The van der Waals surface area contributed by atoms with Gasteiger partial charge in [0.25, 0.3) is 10.0 Å². The van der Waals surface area contributed by atoms with Gasteiger partial charge in [0.15, 0.2) is 11.5 Å². The van der Waals surface area contributed by atoms with Crippen molar-refractivity contribution < 1.29 is 32.2 Å². The zero-order valence-corrected chi connectivity index (χ0v) is 29.5. The van der Waals surface area contributed by atoms with Crippen molar-refractivity contribution in [1.82, 2.24) is 10.2 Å². The maximum atomic E-state index is 14.4. The number of ether oxygens (including phenoxy) is 3. The summed E-state index contributed by atoms with van der Waals surface area (Å²) in [6, 6.07) is 15.2. The third kappa shape index (κ3) is 8.45. The lowest BCUT2D eigenvalue weighted by molar-refractivity contribution is -0.139. The summed E-state index contributed by atoms with van der Waals surface area (Å²) in [5.41, 5.74) is 0.814. The molecule has 0 heterocycles. The van der Waals surface area contributed by atoms with Crippen LogP contribution in [0, 0.1) is 0 Å². The molecule has 248 valence electrons. The highest BCUT2D eigenvalue weighted by molar-refractivity contribution is 9.10. The van der Waals surface area contributed by atoms with E-state index in [1.54, 1.807) is 13.0 Å². The highest BCUT2D eigenvalue weighted by atomic mass is 79.9. The normalized spacial score (nSPS) is 14.2. The monoisotopic (exact) mass is 735 g/mol. The van der Waals surface area contributed by atoms with Crippen molar-refractivity contribution in [2.45, 2.75) is 62.6 Å². The van der Waals surface area contributed by atoms with Crippen LogP contribution in [0.15, 0.2) is 70.0 Å². The smallest absolute Gasteiger partial charge is 0.265 e. The number of nitrogens with zero attached hydrogens (tertiary/aromatic N) is 2.